The third-order valence-electron chi connectivity index (χ3n) is 2.87. The van der Waals surface area contributed by atoms with Crippen LogP contribution in [0.15, 0.2) is 24.4 Å². The van der Waals surface area contributed by atoms with E-state index >= 15 is 0 Å². The molecule has 3 rings (SSSR count). The number of imide groups is 1. The minimum absolute atomic E-state index is 0.255. The molecule has 92 valence electrons. The van der Waals surface area contributed by atoms with Crippen LogP contribution in [0.5, 0.6) is 0 Å². The molecule has 2 aromatic rings. The van der Waals surface area contributed by atoms with Gasteiger partial charge in [-0.15, -0.1) is 0 Å². The summed E-state index contributed by atoms with van der Waals surface area (Å²) < 4.78 is 1.58. The average molecular weight is 245 g/mol. The number of aromatic nitrogens is 2. The fourth-order valence-electron chi connectivity index (χ4n) is 2.01. The number of nitrogens with zero attached hydrogens (tertiary/aromatic N) is 3. The summed E-state index contributed by atoms with van der Waals surface area (Å²) in [5, 5.41) is 6.33. The first-order valence-corrected chi connectivity index (χ1v) is 5.50. The second kappa shape index (κ2) is 3.73. The lowest BCUT2D eigenvalue weighted by atomic mass is 10.2. The van der Waals surface area contributed by atoms with Gasteiger partial charge < -0.3 is 5.73 Å². The highest BCUT2D eigenvalue weighted by molar-refractivity contribution is 6.05. The number of carbonyl (C=O) groups is 2. The van der Waals surface area contributed by atoms with Crippen molar-refractivity contribution in [3.8, 4) is 0 Å². The minimum Gasteiger partial charge on any atom is -0.384 e. The van der Waals surface area contributed by atoms with Crippen molar-refractivity contribution in [1.82, 2.24) is 14.9 Å². The van der Waals surface area contributed by atoms with Gasteiger partial charge in [0, 0.05) is 19.0 Å². The number of urea groups is 1. The molecule has 18 heavy (non-hydrogen) atoms. The molecule has 2 aromatic heterocycles. The van der Waals surface area contributed by atoms with Gasteiger partial charge in [-0.25, -0.2) is 9.31 Å². The van der Waals surface area contributed by atoms with Crippen molar-refractivity contribution in [1.29, 1.82) is 0 Å². The van der Waals surface area contributed by atoms with E-state index in [1.807, 2.05) is 0 Å². The van der Waals surface area contributed by atoms with Crippen molar-refractivity contribution in [2.45, 2.75) is 6.42 Å². The van der Waals surface area contributed by atoms with Crippen LogP contribution in [-0.4, -0.2) is 28.1 Å². The number of nitrogens with one attached hydrogen (secondary N) is 1. The number of rotatable bonds is 1. The Labute approximate surface area is 102 Å². The number of pyridine rings is 1. The van der Waals surface area contributed by atoms with Crippen LogP contribution < -0.4 is 16.0 Å². The Kier molecular flexibility index (Phi) is 2.19. The smallest absolute Gasteiger partial charge is 0.328 e. The molecule has 3 amide bonds. The molecule has 1 aliphatic rings. The normalized spacial score (nSPS) is 16.1. The molecule has 0 saturated carbocycles. The topological polar surface area (TPSA) is 92.7 Å². The van der Waals surface area contributed by atoms with Gasteiger partial charge in [-0.05, 0) is 12.1 Å². The number of nitrogen functional groups attached to an aromatic ring is 1. The van der Waals surface area contributed by atoms with E-state index < -0.39 is 6.03 Å². The highest BCUT2D eigenvalue weighted by Gasteiger charge is 2.24. The standard InChI is InChI=1S/C11H11N5O2/c12-9-6-8(5-7-1-3-13-16(7)9)15-4-2-10(17)14-11(15)18/h1,3,5-6H,2,4,12H2,(H,14,17,18). The number of fused-ring (bicyclic) bond motifs is 1. The molecule has 0 aromatic carbocycles. The van der Waals surface area contributed by atoms with Gasteiger partial charge in [-0.2, -0.15) is 5.10 Å². The third kappa shape index (κ3) is 1.56. The van der Waals surface area contributed by atoms with Crippen molar-refractivity contribution in [3.05, 3.63) is 24.4 Å². The van der Waals surface area contributed by atoms with Crippen molar-refractivity contribution in [2.75, 3.05) is 17.2 Å². The summed E-state index contributed by atoms with van der Waals surface area (Å²) >= 11 is 0. The zero-order valence-electron chi connectivity index (χ0n) is 9.46. The number of hydrogen-bond acceptors (Lipinski definition) is 4. The van der Waals surface area contributed by atoms with Gasteiger partial charge in [-0.1, -0.05) is 0 Å². The Hall–Kier alpha value is -2.57. The Balaban J connectivity index is 2.03. The van der Waals surface area contributed by atoms with Crippen molar-refractivity contribution >= 4 is 29.0 Å². The van der Waals surface area contributed by atoms with Crippen LogP contribution >= 0.6 is 0 Å². The molecule has 0 aliphatic carbocycles. The zero-order chi connectivity index (χ0) is 12.7. The number of carbonyl (C=O) groups excluding carboxylic acids is 2. The van der Waals surface area contributed by atoms with E-state index in [4.69, 9.17) is 5.73 Å². The molecular formula is C11H11N5O2. The summed E-state index contributed by atoms with van der Waals surface area (Å²) in [6, 6.07) is 4.84. The molecule has 0 bridgehead atoms. The first-order valence-electron chi connectivity index (χ1n) is 5.50. The SMILES string of the molecule is Nc1cc(N2CCC(=O)NC2=O)cc2ccnn12. The fourth-order valence-corrected chi connectivity index (χ4v) is 2.01. The highest BCUT2D eigenvalue weighted by atomic mass is 16.2. The maximum Gasteiger partial charge on any atom is 0.328 e. The minimum atomic E-state index is -0.422. The Morgan fingerprint density at radius 2 is 2.17 bits per heavy atom. The summed E-state index contributed by atoms with van der Waals surface area (Å²) in [7, 11) is 0. The Morgan fingerprint density at radius 3 is 2.94 bits per heavy atom. The van der Waals surface area contributed by atoms with Gasteiger partial charge >= 0.3 is 6.03 Å². The first kappa shape index (κ1) is 10.6. The second-order valence-electron chi connectivity index (χ2n) is 4.06. The maximum atomic E-state index is 11.7. The summed E-state index contributed by atoms with van der Waals surface area (Å²) in [6.45, 7) is 0.356. The van der Waals surface area contributed by atoms with Gasteiger partial charge in [0.2, 0.25) is 5.91 Å². The molecule has 3 N–H and O–H groups in total. The molecule has 0 spiro atoms. The van der Waals surface area contributed by atoms with Crippen molar-refractivity contribution in [3.63, 3.8) is 0 Å². The van der Waals surface area contributed by atoms with Crippen LogP contribution in [0.4, 0.5) is 16.3 Å². The van der Waals surface area contributed by atoms with Crippen LogP contribution in [0, 0.1) is 0 Å². The van der Waals surface area contributed by atoms with E-state index in [1.54, 1.807) is 28.9 Å². The van der Waals surface area contributed by atoms with Gasteiger partial charge in [0.05, 0.1) is 17.4 Å². The van der Waals surface area contributed by atoms with Gasteiger partial charge in [0.15, 0.2) is 0 Å². The number of nitrogens with two attached hydrogens (primary N) is 1. The van der Waals surface area contributed by atoms with Crippen molar-refractivity contribution in [2.24, 2.45) is 0 Å². The Morgan fingerprint density at radius 1 is 1.33 bits per heavy atom. The van der Waals surface area contributed by atoms with Crippen LogP contribution in [0.2, 0.25) is 0 Å². The lowest BCUT2D eigenvalue weighted by molar-refractivity contribution is -0.120. The maximum absolute atomic E-state index is 11.7. The largest absolute Gasteiger partial charge is 0.384 e. The van der Waals surface area contributed by atoms with E-state index in [1.165, 1.54) is 4.90 Å². The summed E-state index contributed by atoms with van der Waals surface area (Å²) in [6.07, 6.45) is 1.92. The van der Waals surface area contributed by atoms with Gasteiger partial charge in [0.25, 0.3) is 0 Å². The highest BCUT2D eigenvalue weighted by Crippen LogP contribution is 2.22. The van der Waals surface area contributed by atoms with Crippen molar-refractivity contribution < 1.29 is 9.59 Å². The lowest BCUT2D eigenvalue weighted by Gasteiger charge is -2.26. The molecule has 0 unspecified atom stereocenters. The van der Waals surface area contributed by atoms with Crippen LogP contribution in [0.1, 0.15) is 6.42 Å². The third-order valence-corrected chi connectivity index (χ3v) is 2.87. The zero-order valence-corrected chi connectivity index (χ0v) is 9.46. The predicted octanol–water partition coefficient (Wildman–Crippen LogP) is 0.363. The quantitative estimate of drug-likeness (QED) is 0.758. The molecule has 0 atom stereocenters. The number of hydrogen-bond donors (Lipinski definition) is 2. The molecule has 1 aliphatic heterocycles. The molecule has 7 nitrogen and oxygen atoms in total. The van der Waals surface area contributed by atoms with Crippen LogP contribution in [-0.2, 0) is 4.79 Å². The van der Waals surface area contributed by atoms with E-state index in [-0.39, 0.29) is 12.3 Å². The van der Waals surface area contributed by atoms with E-state index in [0.29, 0.717) is 18.1 Å². The molecule has 1 fully saturated rings. The predicted molar refractivity (Wildman–Crippen MR) is 65.1 cm³/mol. The molecule has 3 heterocycles. The molecular weight excluding hydrogens is 234 g/mol. The van der Waals surface area contributed by atoms with Crippen LogP contribution in [0.3, 0.4) is 0 Å². The second-order valence-corrected chi connectivity index (χ2v) is 4.06. The number of amides is 3. The van der Waals surface area contributed by atoms with Gasteiger partial charge in [0.1, 0.15) is 5.82 Å². The Bertz CT molecular complexity index is 648. The number of anilines is 2. The molecule has 0 radical (unpaired) electrons. The first-order chi connectivity index (χ1) is 8.65. The molecule has 1 saturated heterocycles. The summed E-state index contributed by atoms with van der Waals surface area (Å²) in [4.78, 5) is 24.3. The van der Waals surface area contributed by atoms with Crippen LogP contribution in [0.25, 0.3) is 5.52 Å². The average Bonchev–Trinajstić information content (AvgIpc) is 2.77. The lowest BCUT2D eigenvalue weighted by Crippen LogP contribution is -2.49. The fraction of sp³-hybridized carbons (Fsp3) is 0.182. The van der Waals surface area contributed by atoms with Gasteiger partial charge in [-0.3, -0.25) is 15.0 Å². The summed E-state index contributed by atoms with van der Waals surface area (Å²) in [5.41, 5.74) is 7.31. The van der Waals surface area contributed by atoms with E-state index in [2.05, 4.69) is 10.4 Å². The monoisotopic (exact) mass is 245 g/mol. The summed E-state index contributed by atoms with van der Waals surface area (Å²) in [5.74, 6) is 0.187. The van der Waals surface area contributed by atoms with E-state index in [9.17, 15) is 9.59 Å². The molecule has 7 heteroatoms. The van der Waals surface area contributed by atoms with E-state index in [0.717, 1.165) is 5.52 Å².